The Labute approximate surface area is 161 Å². The minimum absolute atomic E-state index is 0.129. The van der Waals surface area contributed by atoms with Gasteiger partial charge in [0, 0.05) is 5.69 Å². The van der Waals surface area contributed by atoms with E-state index in [1.807, 2.05) is 10.8 Å². The van der Waals surface area contributed by atoms with Crippen LogP contribution in [0.3, 0.4) is 0 Å². The summed E-state index contributed by atoms with van der Waals surface area (Å²) in [5.74, 6) is -2.22. The number of halogens is 1. The summed E-state index contributed by atoms with van der Waals surface area (Å²) in [6.45, 7) is 0.599. The molecule has 146 valence electrons. The molecule has 0 aliphatic heterocycles. The molecule has 2 rings (SSSR count). The van der Waals surface area contributed by atoms with Gasteiger partial charge in [-0.15, -0.1) is 0 Å². The van der Waals surface area contributed by atoms with Gasteiger partial charge < -0.3 is 10.1 Å². The lowest BCUT2D eigenvalue weighted by atomic mass is 10.2. The number of nitrogens with one attached hydrogen (secondary N) is 2. The smallest absolute Gasteiger partial charge is 0.321 e. The number of hydrogen-bond acceptors (Lipinski definition) is 6. The monoisotopic (exact) mass is 405 g/mol. The zero-order valence-corrected chi connectivity index (χ0v) is 15.5. The molecule has 0 aromatic heterocycles. The standard InChI is InChI=1S/C18H16FN3O5S/c1-12(18(24)22-15-4-2-3-14(19)9-15)27-17(23)11-21-28(25,26)16-7-5-13(10-20)6-8-16/h2-9,12,21H,11H2,1H3,(H,22,24)/t12-/m1/s1. The van der Waals surface area contributed by atoms with Gasteiger partial charge in [0.25, 0.3) is 5.91 Å². The molecule has 28 heavy (non-hydrogen) atoms. The van der Waals surface area contributed by atoms with Crippen LogP contribution in [0.4, 0.5) is 10.1 Å². The molecule has 2 N–H and O–H groups in total. The quantitative estimate of drug-likeness (QED) is 0.673. The average Bonchev–Trinajstić information content (AvgIpc) is 2.66. The highest BCUT2D eigenvalue weighted by molar-refractivity contribution is 7.89. The molecule has 0 bridgehead atoms. The van der Waals surface area contributed by atoms with Crippen molar-refractivity contribution in [3.05, 3.63) is 59.9 Å². The van der Waals surface area contributed by atoms with Crippen molar-refractivity contribution in [2.45, 2.75) is 17.9 Å². The molecule has 0 aliphatic rings. The van der Waals surface area contributed by atoms with Gasteiger partial charge in [0.05, 0.1) is 16.5 Å². The number of rotatable bonds is 7. The van der Waals surface area contributed by atoms with E-state index in [9.17, 15) is 22.4 Å². The van der Waals surface area contributed by atoms with Crippen molar-refractivity contribution in [3.63, 3.8) is 0 Å². The van der Waals surface area contributed by atoms with Crippen LogP contribution in [-0.4, -0.2) is 32.9 Å². The van der Waals surface area contributed by atoms with Gasteiger partial charge in [-0.05, 0) is 49.4 Å². The lowest BCUT2D eigenvalue weighted by Crippen LogP contribution is -2.35. The molecule has 0 saturated heterocycles. The zero-order valence-electron chi connectivity index (χ0n) is 14.7. The number of nitriles is 1. The van der Waals surface area contributed by atoms with Crippen molar-refractivity contribution >= 4 is 27.6 Å². The third-order valence-electron chi connectivity index (χ3n) is 3.47. The lowest BCUT2D eigenvalue weighted by molar-refractivity contribution is -0.151. The van der Waals surface area contributed by atoms with Crippen LogP contribution >= 0.6 is 0 Å². The van der Waals surface area contributed by atoms with Crippen LogP contribution in [0.1, 0.15) is 12.5 Å². The number of nitrogens with zero attached hydrogens (tertiary/aromatic N) is 1. The van der Waals surface area contributed by atoms with E-state index in [4.69, 9.17) is 10.00 Å². The molecular formula is C18H16FN3O5S. The number of carbonyl (C=O) groups is 2. The molecular weight excluding hydrogens is 389 g/mol. The van der Waals surface area contributed by atoms with Crippen LogP contribution in [0.25, 0.3) is 0 Å². The first-order valence-electron chi connectivity index (χ1n) is 7.97. The van der Waals surface area contributed by atoms with Crippen molar-refractivity contribution in [2.75, 3.05) is 11.9 Å². The summed E-state index contributed by atoms with van der Waals surface area (Å²) in [6, 6.07) is 12.1. The molecule has 0 radical (unpaired) electrons. The second-order valence-corrected chi connectivity index (χ2v) is 7.36. The first-order valence-corrected chi connectivity index (χ1v) is 9.45. The third kappa shape index (κ3) is 5.87. The molecule has 0 heterocycles. The van der Waals surface area contributed by atoms with Gasteiger partial charge >= 0.3 is 5.97 Å². The summed E-state index contributed by atoms with van der Waals surface area (Å²) in [5.41, 5.74) is 0.478. The number of ether oxygens (including phenoxy) is 1. The molecule has 1 amide bonds. The van der Waals surface area contributed by atoms with Gasteiger partial charge in [-0.2, -0.15) is 9.98 Å². The highest BCUT2D eigenvalue weighted by atomic mass is 32.2. The molecule has 2 aromatic rings. The molecule has 2 aromatic carbocycles. The number of benzene rings is 2. The molecule has 0 unspecified atom stereocenters. The normalized spacial score (nSPS) is 11.9. The fraction of sp³-hybridized carbons (Fsp3) is 0.167. The Balaban J connectivity index is 1.88. The largest absolute Gasteiger partial charge is 0.452 e. The topological polar surface area (TPSA) is 125 Å². The Morgan fingerprint density at radius 2 is 1.89 bits per heavy atom. The maximum Gasteiger partial charge on any atom is 0.321 e. The first kappa shape index (κ1) is 21.0. The Morgan fingerprint density at radius 3 is 2.50 bits per heavy atom. The van der Waals surface area contributed by atoms with Crippen LogP contribution in [0.5, 0.6) is 0 Å². The molecule has 8 nitrogen and oxygen atoms in total. The number of anilines is 1. The summed E-state index contributed by atoms with van der Waals surface area (Å²) in [7, 11) is -3.99. The van der Waals surface area contributed by atoms with E-state index in [0.717, 1.165) is 6.07 Å². The van der Waals surface area contributed by atoms with E-state index in [1.165, 1.54) is 49.4 Å². The summed E-state index contributed by atoms with van der Waals surface area (Å²) >= 11 is 0. The van der Waals surface area contributed by atoms with Gasteiger partial charge in [0.1, 0.15) is 12.4 Å². The molecule has 10 heteroatoms. The van der Waals surface area contributed by atoms with Crippen molar-refractivity contribution in [1.82, 2.24) is 4.72 Å². The van der Waals surface area contributed by atoms with Crippen LogP contribution in [0, 0.1) is 17.1 Å². The SMILES string of the molecule is C[C@@H](OC(=O)CNS(=O)(=O)c1ccc(C#N)cc1)C(=O)Nc1cccc(F)c1. The van der Waals surface area contributed by atoms with Crippen LogP contribution in [-0.2, 0) is 24.3 Å². The molecule has 1 atom stereocenters. The fourth-order valence-corrected chi connectivity index (χ4v) is 3.02. The van der Waals surface area contributed by atoms with Crippen molar-refractivity contribution in [1.29, 1.82) is 5.26 Å². The highest BCUT2D eigenvalue weighted by Crippen LogP contribution is 2.11. The van der Waals surface area contributed by atoms with E-state index in [0.29, 0.717) is 0 Å². The molecule has 0 aliphatic carbocycles. The minimum atomic E-state index is -3.99. The maximum absolute atomic E-state index is 13.1. The zero-order chi connectivity index (χ0) is 20.7. The van der Waals surface area contributed by atoms with Gasteiger partial charge in [-0.25, -0.2) is 12.8 Å². The van der Waals surface area contributed by atoms with Gasteiger partial charge in [0.2, 0.25) is 10.0 Å². The van der Waals surface area contributed by atoms with Crippen LogP contribution in [0.2, 0.25) is 0 Å². The fourth-order valence-electron chi connectivity index (χ4n) is 2.05. The molecule has 0 spiro atoms. The third-order valence-corrected chi connectivity index (χ3v) is 4.89. The Hall–Kier alpha value is -3.29. The Kier molecular flexibility index (Phi) is 6.81. The number of sulfonamides is 1. The van der Waals surface area contributed by atoms with Crippen molar-refractivity contribution in [2.24, 2.45) is 0 Å². The minimum Gasteiger partial charge on any atom is -0.452 e. The van der Waals surface area contributed by atoms with E-state index in [2.05, 4.69) is 5.32 Å². The predicted molar refractivity (Wildman–Crippen MR) is 96.9 cm³/mol. The summed E-state index contributed by atoms with van der Waals surface area (Å²) in [6.07, 6.45) is -1.23. The maximum atomic E-state index is 13.1. The highest BCUT2D eigenvalue weighted by Gasteiger charge is 2.20. The summed E-state index contributed by atoms with van der Waals surface area (Å²) in [5, 5.41) is 11.1. The van der Waals surface area contributed by atoms with E-state index in [-0.39, 0.29) is 16.1 Å². The van der Waals surface area contributed by atoms with Crippen LogP contribution in [0.15, 0.2) is 53.4 Å². The van der Waals surface area contributed by atoms with Crippen molar-refractivity contribution < 1.29 is 27.1 Å². The first-order chi connectivity index (χ1) is 13.2. The summed E-state index contributed by atoms with van der Waals surface area (Å²) < 4.78 is 44.2. The lowest BCUT2D eigenvalue weighted by Gasteiger charge is -2.14. The molecule has 0 saturated carbocycles. The van der Waals surface area contributed by atoms with Gasteiger partial charge in [-0.3, -0.25) is 9.59 Å². The van der Waals surface area contributed by atoms with E-state index >= 15 is 0 Å². The van der Waals surface area contributed by atoms with Gasteiger partial charge in [0.15, 0.2) is 6.10 Å². The number of carbonyl (C=O) groups excluding carboxylic acids is 2. The second kappa shape index (κ2) is 9.07. The number of hydrogen-bond donors (Lipinski definition) is 2. The Bertz CT molecular complexity index is 1020. The Morgan fingerprint density at radius 1 is 1.21 bits per heavy atom. The summed E-state index contributed by atoms with van der Waals surface area (Å²) in [4.78, 5) is 23.6. The van der Waals surface area contributed by atoms with E-state index < -0.39 is 40.4 Å². The van der Waals surface area contributed by atoms with Gasteiger partial charge in [-0.1, -0.05) is 6.07 Å². The molecule has 0 fully saturated rings. The number of esters is 1. The second-order valence-electron chi connectivity index (χ2n) is 5.59. The number of amides is 1. The van der Waals surface area contributed by atoms with E-state index in [1.54, 1.807) is 0 Å². The van der Waals surface area contributed by atoms with Crippen LogP contribution < -0.4 is 10.0 Å². The predicted octanol–water partition coefficient (Wildman–Crippen LogP) is 1.55. The average molecular weight is 405 g/mol. The van der Waals surface area contributed by atoms with Crippen molar-refractivity contribution in [3.8, 4) is 6.07 Å².